The third kappa shape index (κ3) is 2.94. The van der Waals surface area contributed by atoms with Crippen LogP contribution in [-0.2, 0) is 19.1 Å². The second-order valence-corrected chi connectivity index (χ2v) is 9.86. The molecular weight excluding hydrogens is 340 g/mol. The Labute approximate surface area is 163 Å². The van der Waals surface area contributed by atoms with Gasteiger partial charge in [0.15, 0.2) is 0 Å². The number of hydrogen-bond acceptors (Lipinski definition) is 4. The van der Waals surface area contributed by atoms with Gasteiger partial charge in [-0.15, -0.1) is 0 Å². The lowest BCUT2D eigenvalue weighted by Crippen LogP contribution is -2.52. The summed E-state index contributed by atoms with van der Waals surface area (Å²) in [5, 5.41) is 0. The monoisotopic (exact) mass is 374 g/mol. The zero-order valence-corrected chi connectivity index (χ0v) is 17.3. The molecule has 0 N–H and O–H groups in total. The fraction of sp³-hybridized carbons (Fsp3) is 0.826. The van der Waals surface area contributed by atoms with E-state index in [2.05, 4.69) is 20.8 Å². The minimum absolute atomic E-state index is 0.00148. The number of carbonyl (C=O) groups is 2. The molecule has 3 aliphatic carbocycles. The van der Waals surface area contributed by atoms with Crippen LogP contribution in [0.25, 0.3) is 0 Å². The van der Waals surface area contributed by atoms with Crippen molar-refractivity contribution in [2.45, 2.75) is 85.2 Å². The van der Waals surface area contributed by atoms with Gasteiger partial charge in [0.05, 0.1) is 12.4 Å². The maximum Gasteiger partial charge on any atom is 0.302 e. The minimum atomic E-state index is -0.234. The van der Waals surface area contributed by atoms with Crippen molar-refractivity contribution < 1.29 is 19.1 Å². The average Bonchev–Trinajstić information content (AvgIpc) is 2.95. The Morgan fingerprint density at radius 1 is 1.11 bits per heavy atom. The van der Waals surface area contributed by atoms with Crippen LogP contribution in [0.5, 0.6) is 0 Å². The maximum atomic E-state index is 13.7. The van der Waals surface area contributed by atoms with Crippen molar-refractivity contribution >= 4 is 11.8 Å². The average molecular weight is 375 g/mol. The smallest absolute Gasteiger partial charge is 0.302 e. The van der Waals surface area contributed by atoms with Crippen molar-refractivity contribution in [3.8, 4) is 0 Å². The third-order valence-electron chi connectivity index (χ3n) is 8.56. The fourth-order valence-corrected chi connectivity index (χ4v) is 6.97. The number of Topliss-reactive ketones (excluding diaryl/α,β-unsaturated/α-hetero) is 1. The largest absolute Gasteiger partial charge is 0.498 e. The zero-order chi connectivity index (χ0) is 19.4. The van der Waals surface area contributed by atoms with Crippen LogP contribution in [0.3, 0.4) is 0 Å². The van der Waals surface area contributed by atoms with Crippen LogP contribution in [-0.4, -0.2) is 24.5 Å². The molecule has 0 unspecified atom stereocenters. The molecule has 150 valence electrons. The Morgan fingerprint density at radius 3 is 2.63 bits per heavy atom. The van der Waals surface area contributed by atoms with Crippen LogP contribution in [0, 0.1) is 28.6 Å². The number of esters is 1. The first-order chi connectivity index (χ1) is 12.8. The van der Waals surface area contributed by atoms with E-state index in [1.165, 1.54) is 12.5 Å². The number of fused-ring (bicyclic) bond motifs is 2. The Kier molecular flexibility index (Phi) is 4.67. The number of allylic oxidation sites excluding steroid dienone is 2. The highest BCUT2D eigenvalue weighted by Crippen LogP contribution is 2.60. The first-order valence-corrected chi connectivity index (χ1v) is 10.8. The van der Waals surface area contributed by atoms with E-state index >= 15 is 0 Å². The zero-order valence-electron chi connectivity index (χ0n) is 17.3. The highest BCUT2D eigenvalue weighted by Gasteiger charge is 2.57. The summed E-state index contributed by atoms with van der Waals surface area (Å²) in [5.41, 5.74) is 1.38. The van der Waals surface area contributed by atoms with Crippen molar-refractivity contribution in [1.82, 2.24) is 0 Å². The summed E-state index contributed by atoms with van der Waals surface area (Å²) in [4.78, 5) is 25.1. The highest BCUT2D eigenvalue weighted by molar-refractivity contribution is 5.88. The SMILES string of the molecule is CC(=O)O[C@H]1CC[C@]2(C)C(=O)[C@H]([C@@H]3CCC4=C(C)OCC[C@]43C)CC[C@H]2C1. The van der Waals surface area contributed by atoms with Crippen molar-refractivity contribution in [2.24, 2.45) is 28.6 Å². The molecule has 1 heterocycles. The lowest BCUT2D eigenvalue weighted by atomic mass is 9.53. The first-order valence-electron chi connectivity index (χ1n) is 10.8. The summed E-state index contributed by atoms with van der Waals surface area (Å²) in [6, 6.07) is 0. The van der Waals surface area contributed by atoms with E-state index in [-0.39, 0.29) is 28.8 Å². The Hall–Kier alpha value is -1.32. The topological polar surface area (TPSA) is 52.6 Å². The molecule has 0 saturated heterocycles. The summed E-state index contributed by atoms with van der Waals surface area (Å²) in [6.45, 7) is 8.95. The fourth-order valence-electron chi connectivity index (χ4n) is 6.97. The van der Waals surface area contributed by atoms with E-state index in [4.69, 9.17) is 9.47 Å². The second kappa shape index (κ2) is 6.63. The normalized spacial score (nSPS) is 44.4. The molecule has 0 aromatic heterocycles. The van der Waals surface area contributed by atoms with Crippen LogP contribution in [0.2, 0.25) is 0 Å². The maximum absolute atomic E-state index is 13.7. The Bertz CT molecular complexity index is 680. The van der Waals surface area contributed by atoms with Gasteiger partial charge in [-0.25, -0.2) is 0 Å². The van der Waals surface area contributed by atoms with Gasteiger partial charge in [0, 0.05) is 18.3 Å². The van der Waals surface area contributed by atoms with Gasteiger partial charge in [0.2, 0.25) is 0 Å². The predicted octanol–water partition coefficient (Wildman–Crippen LogP) is 4.81. The number of carbonyl (C=O) groups excluding carboxylic acids is 2. The summed E-state index contributed by atoms with van der Waals surface area (Å²) < 4.78 is 11.3. The van der Waals surface area contributed by atoms with Gasteiger partial charge in [0.25, 0.3) is 0 Å². The lowest BCUT2D eigenvalue weighted by Gasteiger charge is -2.51. The van der Waals surface area contributed by atoms with Crippen molar-refractivity contribution in [3.63, 3.8) is 0 Å². The van der Waals surface area contributed by atoms with Gasteiger partial charge in [-0.1, -0.05) is 13.8 Å². The minimum Gasteiger partial charge on any atom is -0.498 e. The molecule has 0 bridgehead atoms. The van der Waals surface area contributed by atoms with E-state index in [0.29, 0.717) is 17.6 Å². The van der Waals surface area contributed by atoms with E-state index in [1.807, 2.05) is 0 Å². The van der Waals surface area contributed by atoms with Gasteiger partial charge in [0.1, 0.15) is 11.9 Å². The van der Waals surface area contributed by atoms with Crippen LogP contribution in [0.4, 0.5) is 0 Å². The Morgan fingerprint density at radius 2 is 1.89 bits per heavy atom. The number of ketones is 1. The molecule has 0 aromatic rings. The van der Waals surface area contributed by atoms with Crippen LogP contribution in [0.15, 0.2) is 11.3 Å². The van der Waals surface area contributed by atoms with Crippen molar-refractivity contribution in [1.29, 1.82) is 0 Å². The molecular formula is C23H34O4. The number of hydrogen-bond donors (Lipinski definition) is 0. The van der Waals surface area contributed by atoms with Gasteiger partial charge in [-0.2, -0.15) is 0 Å². The second-order valence-electron chi connectivity index (χ2n) is 9.86. The van der Waals surface area contributed by atoms with Crippen LogP contribution in [0.1, 0.15) is 79.1 Å². The molecule has 0 aromatic carbocycles. The van der Waals surface area contributed by atoms with Crippen molar-refractivity contribution in [2.75, 3.05) is 6.61 Å². The van der Waals surface area contributed by atoms with E-state index in [1.54, 1.807) is 0 Å². The number of rotatable bonds is 2. The number of ether oxygens (including phenoxy) is 2. The molecule has 0 amide bonds. The summed E-state index contributed by atoms with van der Waals surface area (Å²) in [5.74, 6) is 2.42. The van der Waals surface area contributed by atoms with E-state index < -0.39 is 0 Å². The third-order valence-corrected chi connectivity index (χ3v) is 8.56. The molecule has 4 aliphatic rings. The first kappa shape index (κ1) is 19.0. The lowest BCUT2D eigenvalue weighted by molar-refractivity contribution is -0.158. The molecule has 0 radical (unpaired) electrons. The molecule has 4 rings (SSSR count). The molecule has 3 fully saturated rings. The molecule has 0 spiro atoms. The highest BCUT2D eigenvalue weighted by atomic mass is 16.5. The van der Waals surface area contributed by atoms with Gasteiger partial charge >= 0.3 is 5.97 Å². The molecule has 1 aliphatic heterocycles. The van der Waals surface area contributed by atoms with Crippen LogP contribution < -0.4 is 0 Å². The van der Waals surface area contributed by atoms with E-state index in [0.717, 1.165) is 63.7 Å². The van der Waals surface area contributed by atoms with Crippen molar-refractivity contribution in [3.05, 3.63) is 11.3 Å². The molecule has 4 nitrogen and oxygen atoms in total. The Balaban J connectivity index is 1.54. The molecule has 4 heteroatoms. The van der Waals surface area contributed by atoms with Gasteiger partial charge in [-0.3, -0.25) is 9.59 Å². The molecule has 3 saturated carbocycles. The summed E-state index contributed by atoms with van der Waals surface area (Å²) in [6.07, 6.45) is 7.89. The predicted molar refractivity (Wildman–Crippen MR) is 103 cm³/mol. The summed E-state index contributed by atoms with van der Waals surface area (Å²) >= 11 is 0. The van der Waals surface area contributed by atoms with Crippen LogP contribution >= 0.6 is 0 Å². The molecule has 6 atom stereocenters. The van der Waals surface area contributed by atoms with E-state index in [9.17, 15) is 9.59 Å². The van der Waals surface area contributed by atoms with Gasteiger partial charge < -0.3 is 9.47 Å². The molecule has 27 heavy (non-hydrogen) atoms. The quantitative estimate of drug-likeness (QED) is 0.651. The standard InChI is InChI=1S/C23H34O4/c1-14-19-7-8-20(23(19,4)11-12-26-14)18-6-5-16-13-17(27-15(2)24)9-10-22(16,3)21(18)25/h16-18,20H,5-13H2,1-4H3/t16-,17-,18-,20-,22-,23+/m0/s1. The van der Waals surface area contributed by atoms with Gasteiger partial charge in [-0.05, 0) is 81.1 Å². The summed E-state index contributed by atoms with van der Waals surface area (Å²) in [7, 11) is 0.